The van der Waals surface area contributed by atoms with E-state index in [1.165, 1.54) is 35.4 Å². The van der Waals surface area contributed by atoms with Crippen LogP contribution in [0.4, 0.5) is 24.7 Å². The van der Waals surface area contributed by atoms with Crippen LogP contribution in [0.3, 0.4) is 0 Å². The normalized spacial score (nSPS) is 15.6. The second-order valence-electron chi connectivity index (χ2n) is 10.9. The minimum absolute atomic E-state index is 0.0609. The summed E-state index contributed by atoms with van der Waals surface area (Å²) in [7, 11) is -3.84. The van der Waals surface area contributed by atoms with Crippen molar-refractivity contribution in [2.75, 3.05) is 22.8 Å². The van der Waals surface area contributed by atoms with Gasteiger partial charge in [-0.3, -0.25) is 0 Å². The van der Waals surface area contributed by atoms with E-state index in [4.69, 9.17) is 9.27 Å². The van der Waals surface area contributed by atoms with Crippen molar-refractivity contribution in [3.8, 4) is 34.0 Å². The first kappa shape index (κ1) is 27.7. The molecule has 1 unspecified atom stereocenters. The summed E-state index contributed by atoms with van der Waals surface area (Å²) in [6.07, 6.45) is 0.462. The molecule has 40 heavy (non-hydrogen) atoms. The number of hydrogen-bond donors (Lipinski definition) is 1. The van der Waals surface area contributed by atoms with Crippen LogP contribution >= 0.6 is 0 Å². The summed E-state index contributed by atoms with van der Waals surface area (Å²) in [6, 6.07) is 12.4. The highest BCUT2D eigenvalue weighted by molar-refractivity contribution is 7.86. The average molecular weight is 572 g/mol. The number of pyridine rings is 1. The highest BCUT2D eigenvalue weighted by Crippen LogP contribution is 2.43. The van der Waals surface area contributed by atoms with Crippen molar-refractivity contribution in [3.63, 3.8) is 0 Å². The number of hydroxylamine groups is 1. The molecule has 4 aromatic rings. The fraction of sp³-hybridized carbons (Fsp3) is 0.286. The smallest absolute Gasteiger partial charge is 0.285 e. The molecule has 0 saturated heterocycles. The van der Waals surface area contributed by atoms with Crippen molar-refractivity contribution in [1.29, 1.82) is 0 Å². The number of aromatic amines is 1. The minimum atomic E-state index is -3.84. The van der Waals surface area contributed by atoms with Gasteiger partial charge in [-0.2, -0.15) is 8.42 Å². The Bertz CT molecular complexity index is 1660. The number of hydrogen-bond acceptors (Lipinski definition) is 7. The number of anilines is 2. The van der Waals surface area contributed by atoms with Crippen molar-refractivity contribution in [3.05, 3.63) is 72.0 Å². The molecule has 1 aliphatic rings. The van der Waals surface area contributed by atoms with Crippen LogP contribution in [0, 0.1) is 22.9 Å². The molecule has 1 atom stereocenters. The summed E-state index contributed by atoms with van der Waals surface area (Å²) < 4.78 is 72.5. The molecule has 1 aliphatic heterocycles. The molecule has 3 heterocycles. The second-order valence-corrected chi connectivity index (χ2v) is 12.4. The number of benzene rings is 2. The van der Waals surface area contributed by atoms with Gasteiger partial charge in [0.05, 0.1) is 28.9 Å². The summed E-state index contributed by atoms with van der Waals surface area (Å²) >= 11 is 0. The quantitative estimate of drug-likeness (QED) is 0.298. The van der Waals surface area contributed by atoms with E-state index >= 15 is 0 Å². The van der Waals surface area contributed by atoms with E-state index in [2.05, 4.69) is 9.97 Å². The maximum Gasteiger partial charge on any atom is 0.285 e. The Morgan fingerprint density at radius 2 is 1.62 bits per heavy atom. The highest BCUT2D eigenvalue weighted by Gasteiger charge is 2.39. The van der Waals surface area contributed by atoms with Crippen LogP contribution in [0.2, 0.25) is 0 Å². The van der Waals surface area contributed by atoms with Crippen molar-refractivity contribution in [2.45, 2.75) is 33.9 Å². The number of imidazole rings is 1. The van der Waals surface area contributed by atoms with Gasteiger partial charge in [0.2, 0.25) is 0 Å². The van der Waals surface area contributed by atoms with Crippen LogP contribution in [0.25, 0.3) is 34.0 Å². The topological polar surface area (TPSA) is 91.4 Å². The molecule has 210 valence electrons. The zero-order valence-corrected chi connectivity index (χ0v) is 23.4. The van der Waals surface area contributed by atoms with Gasteiger partial charge in [0.1, 0.15) is 35.1 Å². The molecule has 0 fully saturated rings. The predicted octanol–water partition coefficient (Wildman–Crippen LogP) is 6.13. The Morgan fingerprint density at radius 1 is 0.975 bits per heavy atom. The molecule has 0 amide bonds. The van der Waals surface area contributed by atoms with E-state index in [0.717, 1.165) is 18.4 Å². The van der Waals surface area contributed by atoms with Gasteiger partial charge in [0, 0.05) is 12.1 Å². The molecule has 0 aliphatic carbocycles. The van der Waals surface area contributed by atoms with E-state index in [-0.39, 0.29) is 16.8 Å². The highest BCUT2D eigenvalue weighted by atomic mass is 32.2. The standard InChI is InChI=1S/C28H28F3N5O3S/c1-16-35(15-28(2,3)4)27-22(36(16)39-40(5,37)38)14-13-21(32-27)25-24(17-9-11-18(29)12-10-17)33-26(34-25)23-19(30)7-6-8-20(23)31/h6-14,16H,15H2,1-5H3,(H,33,34). The minimum Gasteiger partial charge on any atom is -0.336 e. The molecule has 2 aromatic carbocycles. The maximum atomic E-state index is 14.7. The van der Waals surface area contributed by atoms with Gasteiger partial charge in [0.15, 0.2) is 5.82 Å². The lowest BCUT2D eigenvalue weighted by Gasteiger charge is -2.32. The molecular formula is C28H28F3N5O3S. The zero-order chi connectivity index (χ0) is 29.0. The summed E-state index contributed by atoms with van der Waals surface area (Å²) in [4.78, 5) is 14.3. The van der Waals surface area contributed by atoms with Gasteiger partial charge < -0.3 is 9.88 Å². The Labute approximate surface area is 230 Å². The van der Waals surface area contributed by atoms with Gasteiger partial charge in [-0.15, -0.1) is 4.28 Å². The number of nitrogens with one attached hydrogen (secondary N) is 1. The van der Waals surface area contributed by atoms with E-state index in [1.807, 2.05) is 25.7 Å². The van der Waals surface area contributed by atoms with Gasteiger partial charge in [-0.05, 0) is 60.9 Å². The second kappa shape index (κ2) is 9.93. The van der Waals surface area contributed by atoms with Crippen LogP contribution in [-0.2, 0) is 14.4 Å². The molecule has 0 radical (unpaired) electrons. The van der Waals surface area contributed by atoms with E-state index < -0.39 is 33.7 Å². The Balaban J connectivity index is 1.70. The van der Waals surface area contributed by atoms with Crippen molar-refractivity contribution in [2.24, 2.45) is 5.41 Å². The predicted molar refractivity (Wildman–Crippen MR) is 147 cm³/mol. The van der Waals surface area contributed by atoms with Crippen molar-refractivity contribution in [1.82, 2.24) is 15.0 Å². The van der Waals surface area contributed by atoms with Crippen molar-refractivity contribution < 1.29 is 25.9 Å². The third-order valence-electron chi connectivity index (χ3n) is 6.29. The first-order chi connectivity index (χ1) is 18.7. The number of fused-ring (bicyclic) bond motifs is 1. The zero-order valence-electron chi connectivity index (χ0n) is 22.5. The Hall–Kier alpha value is -3.90. The molecular weight excluding hydrogens is 543 g/mol. The number of rotatable bonds is 6. The first-order valence-electron chi connectivity index (χ1n) is 12.5. The van der Waals surface area contributed by atoms with Crippen LogP contribution in [-0.4, -0.2) is 42.3 Å². The first-order valence-corrected chi connectivity index (χ1v) is 14.3. The summed E-state index contributed by atoms with van der Waals surface area (Å²) in [5.41, 5.74) is 1.44. The van der Waals surface area contributed by atoms with Crippen molar-refractivity contribution >= 4 is 21.6 Å². The molecule has 0 spiro atoms. The summed E-state index contributed by atoms with van der Waals surface area (Å²) in [5.74, 6) is -1.65. The number of aromatic nitrogens is 3. The lowest BCUT2D eigenvalue weighted by Crippen LogP contribution is -2.45. The lowest BCUT2D eigenvalue weighted by molar-refractivity contribution is 0.254. The molecule has 2 aromatic heterocycles. The SMILES string of the molecule is CC1N(CC(C)(C)C)c2nc(-c3[nH]c(-c4c(F)cccc4F)nc3-c3ccc(F)cc3)ccc2N1OS(C)(=O)=O. The molecule has 0 saturated carbocycles. The summed E-state index contributed by atoms with van der Waals surface area (Å²) in [6.45, 7) is 8.44. The molecule has 5 rings (SSSR count). The monoisotopic (exact) mass is 571 g/mol. The average Bonchev–Trinajstić information content (AvgIpc) is 3.38. The number of H-pyrrole nitrogens is 1. The third-order valence-corrected chi connectivity index (χ3v) is 6.72. The largest absolute Gasteiger partial charge is 0.336 e. The molecule has 8 nitrogen and oxygen atoms in total. The van der Waals surface area contributed by atoms with Gasteiger partial charge >= 0.3 is 0 Å². The van der Waals surface area contributed by atoms with E-state index in [9.17, 15) is 21.6 Å². The number of halogens is 3. The Kier molecular flexibility index (Phi) is 6.87. The van der Waals surface area contributed by atoms with Crippen LogP contribution in [0.1, 0.15) is 27.7 Å². The third kappa shape index (κ3) is 5.41. The van der Waals surface area contributed by atoms with E-state index in [1.54, 1.807) is 19.1 Å². The van der Waals surface area contributed by atoms with Crippen LogP contribution in [0.15, 0.2) is 54.6 Å². The fourth-order valence-corrected chi connectivity index (χ4v) is 5.15. The number of nitrogens with zero attached hydrogens (tertiary/aromatic N) is 4. The Morgan fingerprint density at radius 3 is 2.23 bits per heavy atom. The summed E-state index contributed by atoms with van der Waals surface area (Å²) in [5, 5.41) is 1.29. The van der Waals surface area contributed by atoms with Gasteiger partial charge in [-0.1, -0.05) is 26.8 Å². The van der Waals surface area contributed by atoms with E-state index in [0.29, 0.717) is 40.7 Å². The molecule has 1 N–H and O–H groups in total. The molecule has 12 heteroatoms. The lowest BCUT2D eigenvalue weighted by atomic mass is 9.96. The van der Waals surface area contributed by atoms with Gasteiger partial charge in [-0.25, -0.2) is 28.2 Å². The van der Waals surface area contributed by atoms with Crippen LogP contribution < -0.4 is 9.96 Å². The molecule has 0 bridgehead atoms. The fourth-order valence-electron chi connectivity index (χ4n) is 4.65. The maximum absolute atomic E-state index is 14.7. The van der Waals surface area contributed by atoms with Gasteiger partial charge in [0.25, 0.3) is 10.1 Å². The van der Waals surface area contributed by atoms with Crippen LogP contribution in [0.5, 0.6) is 0 Å².